The highest BCUT2D eigenvalue weighted by molar-refractivity contribution is 6.30. The molecule has 4 rings (SSSR count). The fourth-order valence-electron chi connectivity index (χ4n) is 4.27. The molecule has 3 fully saturated rings. The number of ether oxygens (including phenoxy) is 2. The van der Waals surface area contributed by atoms with E-state index in [2.05, 4.69) is 24.5 Å². The summed E-state index contributed by atoms with van der Waals surface area (Å²) in [5, 5.41) is 6.77. The van der Waals surface area contributed by atoms with Crippen molar-refractivity contribution in [3.8, 4) is 5.75 Å². The summed E-state index contributed by atoms with van der Waals surface area (Å²) < 4.78 is 11.2. The lowest BCUT2D eigenvalue weighted by Gasteiger charge is -2.20. The average molecular weight is 407 g/mol. The molecule has 152 valence electrons. The number of hydrogen-bond acceptors (Lipinski definition) is 4. The minimum absolute atomic E-state index is 0.0306. The predicted molar refractivity (Wildman–Crippen MR) is 105 cm³/mol. The highest BCUT2D eigenvalue weighted by atomic mass is 35.5. The summed E-state index contributed by atoms with van der Waals surface area (Å²) in [5.41, 5.74) is -0.129. The maximum atomic E-state index is 12.2. The predicted octanol–water partition coefficient (Wildman–Crippen LogP) is 2.54. The molecule has 6 nitrogen and oxygen atoms in total. The van der Waals surface area contributed by atoms with Crippen molar-refractivity contribution in [2.75, 3.05) is 13.2 Å². The van der Waals surface area contributed by atoms with Gasteiger partial charge in [-0.15, -0.1) is 0 Å². The largest absolute Gasteiger partial charge is 0.484 e. The first-order valence-electron chi connectivity index (χ1n) is 9.95. The standard InChI is InChI=1S/C21H27ClN2O4/c1-12-9-21(12,2)28-11-20(26)24-18-8-17(15-7-16(15)18)23-19(25)10-27-14-5-3-13(22)4-6-14/h3-6,12,15-18H,7-11H2,1-2H3,(H,23,25)(H,24,26)/t12?,15?,16?,17-,18+,21?/m0/s1. The molecule has 3 saturated carbocycles. The van der Waals surface area contributed by atoms with Crippen molar-refractivity contribution in [3.63, 3.8) is 0 Å². The van der Waals surface area contributed by atoms with Gasteiger partial charge in [0.25, 0.3) is 5.91 Å². The van der Waals surface area contributed by atoms with Crippen molar-refractivity contribution in [1.82, 2.24) is 10.6 Å². The van der Waals surface area contributed by atoms with Gasteiger partial charge in [0.15, 0.2) is 6.61 Å². The van der Waals surface area contributed by atoms with Crippen molar-refractivity contribution < 1.29 is 19.1 Å². The molecule has 6 atom stereocenters. The molecule has 0 saturated heterocycles. The van der Waals surface area contributed by atoms with E-state index in [-0.39, 0.29) is 42.7 Å². The molecule has 2 amide bonds. The molecule has 28 heavy (non-hydrogen) atoms. The van der Waals surface area contributed by atoms with Gasteiger partial charge in [-0.1, -0.05) is 18.5 Å². The third-order valence-corrected chi connectivity index (χ3v) is 6.69. The van der Waals surface area contributed by atoms with E-state index in [0.29, 0.717) is 28.5 Å². The van der Waals surface area contributed by atoms with E-state index in [1.807, 2.05) is 0 Å². The lowest BCUT2D eigenvalue weighted by molar-refractivity contribution is -0.129. The number of fused-ring (bicyclic) bond motifs is 1. The zero-order chi connectivity index (χ0) is 19.9. The number of nitrogens with one attached hydrogen (secondary N) is 2. The normalized spacial score (nSPS) is 35.0. The Morgan fingerprint density at radius 1 is 1.07 bits per heavy atom. The van der Waals surface area contributed by atoms with Gasteiger partial charge in [0.2, 0.25) is 5.91 Å². The van der Waals surface area contributed by atoms with Gasteiger partial charge >= 0.3 is 0 Å². The summed E-state index contributed by atoms with van der Waals surface area (Å²) in [6.45, 7) is 4.26. The fourth-order valence-corrected chi connectivity index (χ4v) is 4.40. The van der Waals surface area contributed by atoms with E-state index in [0.717, 1.165) is 19.3 Å². The Kier molecular flexibility index (Phi) is 5.27. The van der Waals surface area contributed by atoms with E-state index in [1.165, 1.54) is 0 Å². The van der Waals surface area contributed by atoms with Crippen molar-refractivity contribution in [2.45, 2.75) is 50.8 Å². The molecule has 0 radical (unpaired) electrons. The van der Waals surface area contributed by atoms with Crippen LogP contribution in [0.4, 0.5) is 0 Å². The number of carbonyl (C=O) groups excluding carboxylic acids is 2. The van der Waals surface area contributed by atoms with Crippen molar-refractivity contribution in [3.05, 3.63) is 29.3 Å². The summed E-state index contributed by atoms with van der Waals surface area (Å²) >= 11 is 5.84. The fraction of sp³-hybridized carbons (Fsp3) is 0.619. The van der Waals surface area contributed by atoms with Crippen LogP contribution >= 0.6 is 11.6 Å². The van der Waals surface area contributed by atoms with Crippen LogP contribution in [0.2, 0.25) is 5.02 Å². The van der Waals surface area contributed by atoms with E-state index >= 15 is 0 Å². The van der Waals surface area contributed by atoms with Gasteiger partial charge in [-0.25, -0.2) is 0 Å². The van der Waals surface area contributed by atoms with Crippen molar-refractivity contribution in [1.29, 1.82) is 0 Å². The van der Waals surface area contributed by atoms with Gasteiger partial charge in [0.05, 0.1) is 5.60 Å². The van der Waals surface area contributed by atoms with Crippen LogP contribution in [0.25, 0.3) is 0 Å². The molecule has 2 N–H and O–H groups in total. The van der Waals surface area contributed by atoms with Crippen molar-refractivity contribution in [2.24, 2.45) is 17.8 Å². The maximum absolute atomic E-state index is 12.2. The Balaban J connectivity index is 1.18. The smallest absolute Gasteiger partial charge is 0.258 e. The molecule has 1 aromatic carbocycles. The molecule has 1 aromatic rings. The number of rotatable bonds is 8. The van der Waals surface area contributed by atoms with E-state index in [4.69, 9.17) is 21.1 Å². The zero-order valence-electron chi connectivity index (χ0n) is 16.2. The van der Waals surface area contributed by atoms with Crippen LogP contribution in [-0.4, -0.2) is 42.7 Å². The Hall–Kier alpha value is -1.79. The van der Waals surface area contributed by atoms with Crippen LogP contribution in [0.3, 0.4) is 0 Å². The van der Waals surface area contributed by atoms with E-state index < -0.39 is 0 Å². The quantitative estimate of drug-likeness (QED) is 0.695. The molecular weight excluding hydrogens is 380 g/mol. The van der Waals surface area contributed by atoms with E-state index in [1.54, 1.807) is 24.3 Å². The first-order chi connectivity index (χ1) is 13.3. The van der Waals surface area contributed by atoms with E-state index in [9.17, 15) is 9.59 Å². The topological polar surface area (TPSA) is 76.7 Å². The van der Waals surface area contributed by atoms with Gasteiger partial charge < -0.3 is 20.1 Å². The lowest BCUT2D eigenvalue weighted by Crippen LogP contribution is -2.42. The number of carbonyl (C=O) groups is 2. The zero-order valence-corrected chi connectivity index (χ0v) is 17.0. The van der Waals surface area contributed by atoms with Crippen LogP contribution < -0.4 is 15.4 Å². The number of benzene rings is 1. The van der Waals surface area contributed by atoms with Gasteiger partial charge in [-0.3, -0.25) is 9.59 Å². The molecule has 0 bridgehead atoms. The molecule has 0 aliphatic heterocycles. The Labute approximate surface area is 170 Å². The van der Waals surface area contributed by atoms with Gasteiger partial charge in [0.1, 0.15) is 12.4 Å². The summed E-state index contributed by atoms with van der Waals surface area (Å²) in [6, 6.07) is 7.13. The third-order valence-electron chi connectivity index (χ3n) is 6.44. The van der Waals surface area contributed by atoms with Crippen LogP contribution in [0.1, 0.15) is 33.1 Å². The Morgan fingerprint density at radius 3 is 2.21 bits per heavy atom. The molecule has 0 aromatic heterocycles. The minimum atomic E-state index is -0.142. The van der Waals surface area contributed by atoms with Crippen LogP contribution in [0.15, 0.2) is 24.3 Å². The monoisotopic (exact) mass is 406 g/mol. The molecular formula is C21H27ClN2O4. The summed E-state index contributed by atoms with van der Waals surface area (Å²) in [4.78, 5) is 24.4. The van der Waals surface area contributed by atoms with Gasteiger partial charge in [-0.05, 0) is 68.2 Å². The Bertz CT molecular complexity index is 755. The highest BCUT2D eigenvalue weighted by Crippen LogP contribution is 2.52. The second-order valence-corrected chi connectivity index (χ2v) is 9.03. The first kappa shape index (κ1) is 19.5. The molecule has 7 heteroatoms. The molecule has 3 aliphatic rings. The van der Waals surface area contributed by atoms with Gasteiger partial charge in [-0.2, -0.15) is 0 Å². The summed E-state index contributed by atoms with van der Waals surface area (Å²) in [6.07, 6.45) is 2.82. The number of halogens is 1. The molecule has 4 unspecified atom stereocenters. The number of hydrogen-bond donors (Lipinski definition) is 2. The summed E-state index contributed by atoms with van der Waals surface area (Å²) in [5.74, 6) is 1.84. The molecule has 3 aliphatic carbocycles. The first-order valence-corrected chi connectivity index (χ1v) is 10.3. The third kappa shape index (κ3) is 4.44. The summed E-state index contributed by atoms with van der Waals surface area (Å²) in [7, 11) is 0. The second kappa shape index (κ2) is 7.56. The molecule has 0 spiro atoms. The Morgan fingerprint density at radius 2 is 1.64 bits per heavy atom. The van der Waals surface area contributed by atoms with Crippen LogP contribution in [0.5, 0.6) is 5.75 Å². The van der Waals surface area contributed by atoms with Crippen LogP contribution in [0, 0.1) is 17.8 Å². The average Bonchev–Trinajstić information content (AvgIpc) is 3.53. The SMILES string of the molecule is CC1CC1(C)OCC(=O)N[C@@H]1C[C@H](NC(=O)COc2ccc(Cl)cc2)C2CC21. The van der Waals surface area contributed by atoms with Crippen molar-refractivity contribution >= 4 is 23.4 Å². The van der Waals surface area contributed by atoms with Crippen LogP contribution in [-0.2, 0) is 14.3 Å². The number of amides is 2. The lowest BCUT2D eigenvalue weighted by atomic mass is 10.1. The highest BCUT2D eigenvalue weighted by Gasteiger charge is 2.55. The maximum Gasteiger partial charge on any atom is 0.258 e. The second-order valence-electron chi connectivity index (χ2n) is 8.60. The minimum Gasteiger partial charge on any atom is -0.484 e. The molecule has 0 heterocycles. The van der Waals surface area contributed by atoms with Gasteiger partial charge in [0, 0.05) is 17.1 Å².